The minimum atomic E-state index is 0.0289. The van der Waals surface area contributed by atoms with Crippen LogP contribution in [0.1, 0.15) is 34.5 Å². The van der Waals surface area contributed by atoms with Crippen LogP contribution in [0.4, 0.5) is 0 Å². The molecule has 3 heterocycles. The van der Waals surface area contributed by atoms with Crippen molar-refractivity contribution in [1.82, 2.24) is 14.9 Å². The predicted molar refractivity (Wildman–Crippen MR) is 118 cm³/mol. The van der Waals surface area contributed by atoms with Gasteiger partial charge in [-0.25, -0.2) is 0 Å². The Labute approximate surface area is 182 Å². The number of amides is 1. The number of rotatable bonds is 7. The summed E-state index contributed by atoms with van der Waals surface area (Å²) >= 11 is 0. The number of piperidine rings is 1. The van der Waals surface area contributed by atoms with E-state index in [-0.39, 0.29) is 5.91 Å². The highest BCUT2D eigenvalue weighted by atomic mass is 16.5. The van der Waals surface area contributed by atoms with Crippen LogP contribution >= 0.6 is 0 Å². The summed E-state index contributed by atoms with van der Waals surface area (Å²) in [6, 6.07) is 15.1. The summed E-state index contributed by atoms with van der Waals surface area (Å²) in [6.07, 6.45) is 8.51. The van der Waals surface area contributed by atoms with Gasteiger partial charge < -0.3 is 14.4 Å². The molecule has 0 aliphatic carbocycles. The van der Waals surface area contributed by atoms with Gasteiger partial charge in [-0.1, -0.05) is 12.1 Å². The Kier molecular flexibility index (Phi) is 6.77. The molecule has 0 spiro atoms. The minimum absolute atomic E-state index is 0.0289. The largest absolute Gasteiger partial charge is 0.493 e. The van der Waals surface area contributed by atoms with Crippen LogP contribution in [-0.4, -0.2) is 41.0 Å². The van der Waals surface area contributed by atoms with Crippen LogP contribution in [0.5, 0.6) is 11.5 Å². The number of methoxy groups -OCH3 is 1. The van der Waals surface area contributed by atoms with Crippen molar-refractivity contribution in [2.45, 2.75) is 25.9 Å². The summed E-state index contributed by atoms with van der Waals surface area (Å²) in [4.78, 5) is 23.7. The van der Waals surface area contributed by atoms with Gasteiger partial charge in [0.1, 0.15) is 6.61 Å². The molecule has 1 atom stereocenters. The number of likely N-dealkylation sites (tertiary alicyclic amines) is 1. The number of ether oxygens (including phenoxy) is 2. The molecule has 1 aliphatic rings. The fraction of sp³-hybridized carbons (Fsp3) is 0.320. The molecule has 6 nitrogen and oxygen atoms in total. The number of carbonyl (C=O) groups excluding carboxylic acids is 1. The van der Waals surface area contributed by atoms with Gasteiger partial charge in [-0.15, -0.1) is 0 Å². The summed E-state index contributed by atoms with van der Waals surface area (Å²) in [7, 11) is 1.60. The number of carbonyl (C=O) groups is 1. The highest BCUT2D eigenvalue weighted by Crippen LogP contribution is 2.30. The Morgan fingerprint density at radius 1 is 1.13 bits per heavy atom. The zero-order chi connectivity index (χ0) is 21.5. The first-order valence-corrected chi connectivity index (χ1v) is 10.6. The monoisotopic (exact) mass is 417 g/mol. The van der Waals surface area contributed by atoms with Crippen LogP contribution in [-0.2, 0) is 13.0 Å². The zero-order valence-corrected chi connectivity index (χ0v) is 17.7. The lowest BCUT2D eigenvalue weighted by atomic mass is 9.91. The van der Waals surface area contributed by atoms with Crippen LogP contribution in [0.15, 0.2) is 67.1 Å². The maximum absolute atomic E-state index is 13.2. The SMILES string of the molecule is COc1ccc(C(=O)N2CCC[C@H](Cc3cccnc3)C2)cc1OCc1ccccn1. The molecule has 4 rings (SSSR count). The van der Waals surface area contributed by atoms with E-state index in [1.165, 1.54) is 5.56 Å². The smallest absolute Gasteiger partial charge is 0.254 e. The van der Waals surface area contributed by atoms with E-state index >= 15 is 0 Å². The zero-order valence-electron chi connectivity index (χ0n) is 17.7. The number of nitrogens with zero attached hydrogens (tertiary/aromatic N) is 3. The number of aromatic nitrogens is 2. The van der Waals surface area contributed by atoms with Crippen LogP contribution in [0.2, 0.25) is 0 Å². The molecule has 31 heavy (non-hydrogen) atoms. The molecular weight excluding hydrogens is 390 g/mol. The minimum Gasteiger partial charge on any atom is -0.493 e. The Morgan fingerprint density at radius 2 is 2.06 bits per heavy atom. The molecule has 1 aromatic carbocycles. The highest BCUT2D eigenvalue weighted by Gasteiger charge is 2.25. The van der Waals surface area contributed by atoms with E-state index < -0.39 is 0 Å². The van der Waals surface area contributed by atoms with E-state index in [0.29, 0.717) is 29.6 Å². The van der Waals surface area contributed by atoms with Gasteiger partial charge in [0.25, 0.3) is 5.91 Å². The van der Waals surface area contributed by atoms with Gasteiger partial charge in [0, 0.05) is 37.2 Å². The van der Waals surface area contributed by atoms with Crippen molar-refractivity contribution in [2.24, 2.45) is 5.92 Å². The molecule has 1 aliphatic heterocycles. The van der Waals surface area contributed by atoms with Gasteiger partial charge in [-0.3, -0.25) is 14.8 Å². The van der Waals surface area contributed by atoms with Crippen molar-refractivity contribution in [3.05, 3.63) is 83.9 Å². The highest BCUT2D eigenvalue weighted by molar-refractivity contribution is 5.95. The standard InChI is InChI=1S/C25H27N3O3/c1-30-23-10-9-21(15-24(23)31-18-22-8-2-3-12-27-22)25(29)28-13-5-7-20(17-28)14-19-6-4-11-26-16-19/h2-4,6,8-12,15-16,20H,5,7,13-14,17-18H2,1H3/t20-/m1/s1. The average molecular weight is 418 g/mol. The molecule has 0 N–H and O–H groups in total. The predicted octanol–water partition coefficient (Wildman–Crippen LogP) is 4.16. The fourth-order valence-electron chi connectivity index (χ4n) is 4.01. The van der Waals surface area contributed by atoms with E-state index in [0.717, 1.165) is 38.0 Å². The molecule has 2 aromatic heterocycles. The Balaban J connectivity index is 1.44. The maximum Gasteiger partial charge on any atom is 0.254 e. The molecule has 1 amide bonds. The van der Waals surface area contributed by atoms with Crippen molar-refractivity contribution < 1.29 is 14.3 Å². The summed E-state index contributed by atoms with van der Waals surface area (Å²) in [5, 5.41) is 0. The van der Waals surface area contributed by atoms with Crippen molar-refractivity contribution in [1.29, 1.82) is 0 Å². The van der Waals surface area contributed by atoms with E-state index in [9.17, 15) is 4.79 Å². The van der Waals surface area contributed by atoms with Crippen molar-refractivity contribution in [3.8, 4) is 11.5 Å². The third-order valence-corrected chi connectivity index (χ3v) is 5.57. The topological polar surface area (TPSA) is 64.5 Å². The quantitative estimate of drug-likeness (QED) is 0.578. The van der Waals surface area contributed by atoms with Crippen molar-refractivity contribution in [3.63, 3.8) is 0 Å². The van der Waals surface area contributed by atoms with Crippen molar-refractivity contribution >= 4 is 5.91 Å². The molecule has 6 heteroatoms. The molecule has 3 aromatic rings. The fourth-order valence-corrected chi connectivity index (χ4v) is 4.01. The second-order valence-electron chi connectivity index (χ2n) is 7.80. The third kappa shape index (κ3) is 5.40. The third-order valence-electron chi connectivity index (χ3n) is 5.57. The summed E-state index contributed by atoms with van der Waals surface area (Å²) in [5.41, 5.74) is 2.64. The number of benzene rings is 1. The van der Waals surface area contributed by atoms with Gasteiger partial charge in [-0.05, 0) is 67.1 Å². The molecule has 1 saturated heterocycles. The lowest BCUT2D eigenvalue weighted by Crippen LogP contribution is -2.40. The first-order valence-electron chi connectivity index (χ1n) is 10.6. The molecule has 1 fully saturated rings. The Bertz CT molecular complexity index is 995. The van der Waals surface area contributed by atoms with Crippen LogP contribution in [0.25, 0.3) is 0 Å². The van der Waals surface area contributed by atoms with Gasteiger partial charge in [-0.2, -0.15) is 0 Å². The van der Waals surface area contributed by atoms with E-state index in [4.69, 9.17) is 9.47 Å². The van der Waals surface area contributed by atoms with Crippen molar-refractivity contribution in [2.75, 3.05) is 20.2 Å². The van der Waals surface area contributed by atoms with Crippen LogP contribution in [0, 0.1) is 5.92 Å². The van der Waals surface area contributed by atoms with Crippen LogP contribution < -0.4 is 9.47 Å². The maximum atomic E-state index is 13.2. The molecular formula is C25H27N3O3. The average Bonchev–Trinajstić information content (AvgIpc) is 2.83. The number of pyridine rings is 2. The number of hydrogen-bond donors (Lipinski definition) is 0. The van der Waals surface area contributed by atoms with Gasteiger partial charge in [0.15, 0.2) is 11.5 Å². The first kappa shape index (κ1) is 20.8. The summed E-state index contributed by atoms with van der Waals surface area (Å²) in [5.74, 6) is 1.62. The Morgan fingerprint density at radius 3 is 2.84 bits per heavy atom. The second-order valence-corrected chi connectivity index (χ2v) is 7.80. The van der Waals surface area contributed by atoms with E-state index in [2.05, 4.69) is 16.0 Å². The van der Waals surface area contributed by atoms with Gasteiger partial charge >= 0.3 is 0 Å². The molecule has 0 unspecified atom stereocenters. The van der Waals surface area contributed by atoms with Crippen LogP contribution in [0.3, 0.4) is 0 Å². The molecule has 0 saturated carbocycles. The first-order chi connectivity index (χ1) is 15.2. The number of hydrogen-bond acceptors (Lipinski definition) is 5. The van der Waals surface area contributed by atoms with Gasteiger partial charge in [0.05, 0.1) is 12.8 Å². The lowest BCUT2D eigenvalue weighted by molar-refractivity contribution is 0.0672. The van der Waals surface area contributed by atoms with Gasteiger partial charge in [0.2, 0.25) is 0 Å². The lowest BCUT2D eigenvalue weighted by Gasteiger charge is -2.33. The normalized spacial score (nSPS) is 16.0. The molecule has 160 valence electrons. The van der Waals surface area contributed by atoms with E-state index in [1.807, 2.05) is 35.4 Å². The Hall–Kier alpha value is -3.41. The second kappa shape index (κ2) is 10.1. The molecule has 0 radical (unpaired) electrons. The molecule has 0 bridgehead atoms. The summed E-state index contributed by atoms with van der Waals surface area (Å²) in [6.45, 7) is 1.84. The summed E-state index contributed by atoms with van der Waals surface area (Å²) < 4.78 is 11.3. The van der Waals surface area contributed by atoms with E-state index in [1.54, 1.807) is 37.7 Å².